The fraction of sp³-hybridized carbons (Fsp3) is 0.333. The summed E-state index contributed by atoms with van der Waals surface area (Å²) in [6, 6.07) is 0. The Hall–Kier alpha value is -1.56. The van der Waals surface area contributed by atoms with Gasteiger partial charge in [-0.25, -0.2) is 0 Å². The van der Waals surface area contributed by atoms with Crippen LogP contribution in [0.1, 0.15) is 5.56 Å². The lowest BCUT2D eigenvalue weighted by atomic mass is 10.3. The first kappa shape index (κ1) is 9.97. The van der Waals surface area contributed by atoms with Gasteiger partial charge in [-0.15, -0.1) is 11.3 Å². The standard InChI is InChI=1S/C9H12N4OS/c1-5-4-15-7(6(5)10)8-11-9(12-14-8)13(2)3/h4H,10H2,1-3H3. The molecule has 0 aliphatic rings. The van der Waals surface area contributed by atoms with Gasteiger partial charge in [-0.05, 0) is 23.0 Å². The predicted molar refractivity (Wildman–Crippen MR) is 61.1 cm³/mol. The Bertz CT molecular complexity index is 474. The van der Waals surface area contributed by atoms with Gasteiger partial charge in [0.1, 0.15) is 4.88 Å². The van der Waals surface area contributed by atoms with Crippen LogP contribution in [-0.4, -0.2) is 24.2 Å². The monoisotopic (exact) mass is 224 g/mol. The van der Waals surface area contributed by atoms with Gasteiger partial charge in [0.05, 0.1) is 5.69 Å². The average Bonchev–Trinajstić information content (AvgIpc) is 2.76. The van der Waals surface area contributed by atoms with Gasteiger partial charge < -0.3 is 15.2 Å². The van der Waals surface area contributed by atoms with Crippen molar-refractivity contribution < 1.29 is 4.52 Å². The van der Waals surface area contributed by atoms with Crippen molar-refractivity contribution in [2.45, 2.75) is 6.92 Å². The van der Waals surface area contributed by atoms with Gasteiger partial charge in [0.25, 0.3) is 11.8 Å². The van der Waals surface area contributed by atoms with Crippen LogP contribution >= 0.6 is 11.3 Å². The fourth-order valence-electron chi connectivity index (χ4n) is 1.11. The zero-order valence-electron chi connectivity index (χ0n) is 8.81. The third-order valence-corrected chi connectivity index (χ3v) is 3.13. The van der Waals surface area contributed by atoms with Crippen molar-refractivity contribution in [2.24, 2.45) is 0 Å². The summed E-state index contributed by atoms with van der Waals surface area (Å²) in [5.41, 5.74) is 7.65. The van der Waals surface area contributed by atoms with Crippen LogP contribution in [0.4, 0.5) is 11.6 Å². The molecule has 0 aliphatic carbocycles. The van der Waals surface area contributed by atoms with Crippen molar-refractivity contribution in [3.63, 3.8) is 0 Å². The van der Waals surface area contributed by atoms with E-state index >= 15 is 0 Å². The molecule has 15 heavy (non-hydrogen) atoms. The predicted octanol–water partition coefficient (Wildman–Crippen LogP) is 1.75. The van der Waals surface area contributed by atoms with E-state index in [-0.39, 0.29) is 0 Å². The summed E-state index contributed by atoms with van der Waals surface area (Å²) in [6.45, 7) is 1.96. The minimum Gasteiger partial charge on any atom is -0.397 e. The number of hydrogen-bond acceptors (Lipinski definition) is 6. The Labute approximate surface area is 91.5 Å². The molecule has 0 bridgehead atoms. The van der Waals surface area contributed by atoms with Crippen LogP contribution in [0.2, 0.25) is 0 Å². The summed E-state index contributed by atoms with van der Waals surface area (Å²) in [5, 5.41) is 5.81. The number of anilines is 2. The molecule has 0 saturated heterocycles. The lowest BCUT2D eigenvalue weighted by molar-refractivity contribution is 0.432. The van der Waals surface area contributed by atoms with Gasteiger partial charge >= 0.3 is 0 Å². The fourth-order valence-corrected chi connectivity index (χ4v) is 2.00. The van der Waals surface area contributed by atoms with E-state index in [2.05, 4.69) is 10.1 Å². The first-order chi connectivity index (χ1) is 7.09. The molecule has 0 saturated carbocycles. The SMILES string of the molecule is Cc1csc(-c2nc(N(C)C)no2)c1N. The molecule has 2 rings (SSSR count). The minimum absolute atomic E-state index is 0.481. The Kier molecular flexibility index (Phi) is 2.36. The lowest BCUT2D eigenvalue weighted by Crippen LogP contribution is -2.10. The molecule has 0 unspecified atom stereocenters. The van der Waals surface area contributed by atoms with E-state index in [1.165, 1.54) is 11.3 Å². The van der Waals surface area contributed by atoms with Gasteiger partial charge in [0.2, 0.25) is 0 Å². The maximum atomic E-state index is 5.89. The lowest BCUT2D eigenvalue weighted by Gasteiger charge is -2.02. The van der Waals surface area contributed by atoms with Crippen LogP contribution in [0.5, 0.6) is 0 Å². The number of nitrogen functional groups attached to an aromatic ring is 1. The van der Waals surface area contributed by atoms with E-state index in [9.17, 15) is 0 Å². The van der Waals surface area contributed by atoms with Crippen LogP contribution in [-0.2, 0) is 0 Å². The number of aromatic nitrogens is 2. The average molecular weight is 224 g/mol. The Morgan fingerprint density at radius 3 is 2.67 bits per heavy atom. The van der Waals surface area contributed by atoms with E-state index in [1.807, 2.05) is 26.4 Å². The highest BCUT2D eigenvalue weighted by Gasteiger charge is 2.15. The molecule has 0 atom stereocenters. The Balaban J connectivity index is 2.41. The van der Waals surface area contributed by atoms with E-state index < -0.39 is 0 Å². The summed E-state index contributed by atoms with van der Waals surface area (Å²) in [5.74, 6) is 1.03. The molecule has 0 aliphatic heterocycles. The summed E-state index contributed by atoms with van der Waals surface area (Å²) >= 11 is 1.51. The number of hydrogen-bond donors (Lipinski definition) is 1. The van der Waals surface area contributed by atoms with Crippen molar-refractivity contribution in [3.8, 4) is 10.8 Å². The molecule has 0 amide bonds. The largest absolute Gasteiger partial charge is 0.397 e. The smallest absolute Gasteiger partial charge is 0.271 e. The number of aryl methyl sites for hydroxylation is 1. The third kappa shape index (κ3) is 1.68. The van der Waals surface area contributed by atoms with Crippen molar-refractivity contribution in [3.05, 3.63) is 10.9 Å². The van der Waals surface area contributed by atoms with Crippen molar-refractivity contribution in [1.29, 1.82) is 0 Å². The first-order valence-corrected chi connectivity index (χ1v) is 5.32. The normalized spacial score (nSPS) is 10.6. The van der Waals surface area contributed by atoms with Crippen LogP contribution in [0.3, 0.4) is 0 Å². The highest BCUT2D eigenvalue weighted by Crippen LogP contribution is 2.34. The molecule has 0 spiro atoms. The quantitative estimate of drug-likeness (QED) is 0.841. The third-order valence-electron chi connectivity index (χ3n) is 2.03. The second kappa shape index (κ2) is 3.54. The van der Waals surface area contributed by atoms with Crippen LogP contribution in [0.25, 0.3) is 10.8 Å². The van der Waals surface area contributed by atoms with Gasteiger partial charge in [-0.3, -0.25) is 0 Å². The zero-order chi connectivity index (χ0) is 11.0. The van der Waals surface area contributed by atoms with Crippen molar-refractivity contribution in [2.75, 3.05) is 24.7 Å². The Morgan fingerprint density at radius 1 is 1.47 bits per heavy atom. The van der Waals surface area contributed by atoms with E-state index in [4.69, 9.17) is 10.3 Å². The maximum Gasteiger partial charge on any atom is 0.271 e. The second-order valence-electron chi connectivity index (χ2n) is 3.46. The Morgan fingerprint density at radius 2 is 2.20 bits per heavy atom. The molecule has 80 valence electrons. The summed E-state index contributed by atoms with van der Waals surface area (Å²) in [4.78, 5) is 6.85. The maximum absolute atomic E-state index is 5.89. The van der Waals surface area contributed by atoms with E-state index in [1.54, 1.807) is 4.90 Å². The van der Waals surface area contributed by atoms with E-state index in [0.29, 0.717) is 17.5 Å². The minimum atomic E-state index is 0.481. The summed E-state index contributed by atoms with van der Waals surface area (Å²) in [6.07, 6.45) is 0. The van der Waals surface area contributed by atoms with E-state index in [0.717, 1.165) is 10.4 Å². The molecule has 0 radical (unpaired) electrons. The highest BCUT2D eigenvalue weighted by atomic mass is 32.1. The molecule has 0 aromatic carbocycles. The van der Waals surface area contributed by atoms with Crippen LogP contribution in [0, 0.1) is 6.92 Å². The molecule has 2 aromatic heterocycles. The van der Waals surface area contributed by atoms with Crippen molar-refractivity contribution in [1.82, 2.24) is 10.1 Å². The molecule has 0 fully saturated rings. The van der Waals surface area contributed by atoms with Gasteiger partial charge in [0.15, 0.2) is 0 Å². The molecule has 2 heterocycles. The first-order valence-electron chi connectivity index (χ1n) is 4.44. The van der Waals surface area contributed by atoms with Gasteiger partial charge in [-0.2, -0.15) is 4.98 Å². The summed E-state index contributed by atoms with van der Waals surface area (Å²) in [7, 11) is 3.72. The van der Waals surface area contributed by atoms with Gasteiger partial charge in [-0.1, -0.05) is 0 Å². The van der Waals surface area contributed by atoms with Gasteiger partial charge in [0, 0.05) is 14.1 Å². The number of nitrogens with zero attached hydrogens (tertiary/aromatic N) is 3. The highest BCUT2D eigenvalue weighted by molar-refractivity contribution is 7.14. The molecule has 2 N–H and O–H groups in total. The molecular weight excluding hydrogens is 212 g/mol. The molecule has 5 nitrogen and oxygen atoms in total. The number of nitrogens with two attached hydrogens (primary N) is 1. The number of thiophene rings is 1. The number of rotatable bonds is 2. The summed E-state index contributed by atoms with van der Waals surface area (Å²) < 4.78 is 5.13. The topological polar surface area (TPSA) is 68.2 Å². The molecule has 6 heteroatoms. The van der Waals surface area contributed by atoms with Crippen molar-refractivity contribution >= 4 is 23.0 Å². The van der Waals surface area contributed by atoms with Crippen LogP contribution in [0.15, 0.2) is 9.90 Å². The molecule has 2 aromatic rings. The zero-order valence-corrected chi connectivity index (χ0v) is 9.63. The molecular formula is C9H12N4OS. The van der Waals surface area contributed by atoms with Crippen LogP contribution < -0.4 is 10.6 Å². The second-order valence-corrected chi connectivity index (χ2v) is 4.34.